The molecule has 0 saturated carbocycles. The lowest BCUT2D eigenvalue weighted by Gasteiger charge is -2.14. The Bertz CT molecular complexity index is 791. The van der Waals surface area contributed by atoms with Crippen LogP contribution in [0.15, 0.2) is 35.2 Å². The minimum atomic E-state index is -4.22. The highest BCUT2D eigenvalue weighted by Crippen LogP contribution is 2.31. The predicted molar refractivity (Wildman–Crippen MR) is 109 cm³/mol. The molecule has 0 fully saturated rings. The Balaban J connectivity index is 2.42. The second-order valence-corrected chi connectivity index (χ2v) is 8.55. The van der Waals surface area contributed by atoms with Crippen LogP contribution in [0, 0.1) is 0 Å². The lowest BCUT2D eigenvalue weighted by atomic mass is 9.93. The zero-order chi connectivity index (χ0) is 19.0. The van der Waals surface area contributed by atoms with Crippen molar-refractivity contribution < 1.29 is 13.0 Å². The van der Waals surface area contributed by atoms with Gasteiger partial charge in [-0.25, -0.2) is 0 Å². The summed E-state index contributed by atoms with van der Waals surface area (Å²) in [6.45, 7) is 4.40. The molecule has 0 radical (unpaired) electrons. The molecular formula is C22H32O3S. The van der Waals surface area contributed by atoms with Gasteiger partial charge in [0.1, 0.15) is 4.90 Å². The Kier molecular flexibility index (Phi) is 8.11. The van der Waals surface area contributed by atoms with Crippen LogP contribution in [0.3, 0.4) is 0 Å². The Labute approximate surface area is 158 Å². The van der Waals surface area contributed by atoms with Gasteiger partial charge in [-0.1, -0.05) is 76.6 Å². The van der Waals surface area contributed by atoms with Crippen molar-refractivity contribution in [3.8, 4) is 0 Å². The lowest BCUT2D eigenvalue weighted by molar-refractivity contribution is 0.484. The number of fused-ring (bicyclic) bond motifs is 1. The van der Waals surface area contributed by atoms with E-state index in [2.05, 4.69) is 19.9 Å². The van der Waals surface area contributed by atoms with E-state index in [9.17, 15) is 13.0 Å². The van der Waals surface area contributed by atoms with Gasteiger partial charge in [-0.05, 0) is 48.3 Å². The molecule has 0 spiro atoms. The van der Waals surface area contributed by atoms with E-state index in [1.165, 1.54) is 49.7 Å². The molecule has 4 heteroatoms. The van der Waals surface area contributed by atoms with Gasteiger partial charge in [-0.15, -0.1) is 0 Å². The Morgan fingerprint density at radius 1 is 0.769 bits per heavy atom. The molecule has 144 valence electrons. The van der Waals surface area contributed by atoms with Crippen LogP contribution in [-0.4, -0.2) is 13.0 Å². The van der Waals surface area contributed by atoms with E-state index in [-0.39, 0.29) is 4.90 Å². The van der Waals surface area contributed by atoms with E-state index in [4.69, 9.17) is 0 Å². The van der Waals surface area contributed by atoms with Crippen LogP contribution in [0.1, 0.15) is 76.3 Å². The molecule has 26 heavy (non-hydrogen) atoms. The zero-order valence-electron chi connectivity index (χ0n) is 16.1. The van der Waals surface area contributed by atoms with Gasteiger partial charge in [0.05, 0.1) is 0 Å². The molecule has 0 saturated heterocycles. The molecule has 2 aromatic rings. The van der Waals surface area contributed by atoms with Gasteiger partial charge < -0.3 is 0 Å². The lowest BCUT2D eigenvalue weighted by Crippen LogP contribution is -2.02. The zero-order valence-corrected chi connectivity index (χ0v) is 16.9. The maximum atomic E-state index is 11.8. The first kappa shape index (κ1) is 20.9. The van der Waals surface area contributed by atoms with E-state index in [0.29, 0.717) is 5.39 Å². The summed E-state index contributed by atoms with van der Waals surface area (Å²) in [7, 11) is -4.22. The van der Waals surface area contributed by atoms with Gasteiger partial charge in [0.2, 0.25) is 0 Å². The van der Waals surface area contributed by atoms with Gasteiger partial charge in [0, 0.05) is 5.39 Å². The minimum Gasteiger partial charge on any atom is -0.282 e. The van der Waals surface area contributed by atoms with Gasteiger partial charge in [0.15, 0.2) is 0 Å². The smallest absolute Gasteiger partial charge is 0.282 e. The standard InChI is InChI=1S/C22H32O3S/c1-3-5-7-9-12-18-14-11-15-20-21(26(23,24)25)17-16-19(22(18)20)13-10-8-6-4-2/h11,14-17H,3-10,12-13H2,1-2H3,(H,23,24,25). The van der Waals surface area contributed by atoms with Crippen molar-refractivity contribution in [3.63, 3.8) is 0 Å². The predicted octanol–water partition coefficient (Wildman–Crippen LogP) is 6.33. The van der Waals surface area contributed by atoms with Crippen molar-refractivity contribution in [1.82, 2.24) is 0 Å². The Morgan fingerprint density at radius 3 is 1.88 bits per heavy atom. The summed E-state index contributed by atoms with van der Waals surface area (Å²) in [6.07, 6.45) is 11.4. The summed E-state index contributed by atoms with van der Waals surface area (Å²) < 4.78 is 33.3. The molecule has 0 aliphatic heterocycles. The summed E-state index contributed by atoms with van der Waals surface area (Å²) in [5.74, 6) is 0. The molecule has 2 rings (SSSR count). The number of aryl methyl sites for hydroxylation is 2. The van der Waals surface area contributed by atoms with Gasteiger partial charge in [0.25, 0.3) is 10.1 Å². The van der Waals surface area contributed by atoms with Crippen molar-refractivity contribution in [3.05, 3.63) is 41.5 Å². The van der Waals surface area contributed by atoms with Crippen molar-refractivity contribution in [2.45, 2.75) is 83.0 Å². The SMILES string of the molecule is CCCCCCc1cccc2c(S(=O)(=O)O)ccc(CCCCCC)c12. The fourth-order valence-corrected chi connectivity index (χ4v) is 4.35. The number of unbranched alkanes of at least 4 members (excludes halogenated alkanes) is 6. The summed E-state index contributed by atoms with van der Waals surface area (Å²) in [5.41, 5.74) is 2.41. The van der Waals surface area contributed by atoms with Crippen molar-refractivity contribution in [2.75, 3.05) is 0 Å². The molecule has 0 aromatic heterocycles. The van der Waals surface area contributed by atoms with E-state index in [0.717, 1.165) is 31.1 Å². The fraction of sp³-hybridized carbons (Fsp3) is 0.545. The first-order valence-electron chi connectivity index (χ1n) is 10.00. The Hall–Kier alpha value is -1.39. The molecule has 0 aliphatic rings. The van der Waals surface area contributed by atoms with Crippen molar-refractivity contribution in [2.24, 2.45) is 0 Å². The molecule has 0 unspecified atom stereocenters. The van der Waals surface area contributed by atoms with Crippen LogP contribution in [0.5, 0.6) is 0 Å². The molecule has 0 aliphatic carbocycles. The highest BCUT2D eigenvalue weighted by molar-refractivity contribution is 7.86. The average molecular weight is 377 g/mol. The van der Waals surface area contributed by atoms with Crippen molar-refractivity contribution >= 4 is 20.9 Å². The molecule has 0 amide bonds. The third-order valence-corrected chi connectivity index (χ3v) is 5.96. The van der Waals surface area contributed by atoms with Gasteiger partial charge in [-0.3, -0.25) is 4.55 Å². The van der Waals surface area contributed by atoms with Crippen LogP contribution < -0.4 is 0 Å². The summed E-state index contributed by atoms with van der Waals surface area (Å²) in [4.78, 5) is 0.0280. The Morgan fingerprint density at radius 2 is 1.35 bits per heavy atom. The van der Waals surface area contributed by atoms with Crippen LogP contribution in [0.25, 0.3) is 10.8 Å². The van der Waals surface area contributed by atoms with Crippen LogP contribution >= 0.6 is 0 Å². The number of rotatable bonds is 11. The van der Waals surface area contributed by atoms with E-state index in [1.54, 1.807) is 6.07 Å². The normalized spacial score (nSPS) is 12.0. The van der Waals surface area contributed by atoms with Crippen molar-refractivity contribution in [1.29, 1.82) is 0 Å². The molecule has 1 N–H and O–H groups in total. The molecule has 0 heterocycles. The second-order valence-electron chi connectivity index (χ2n) is 7.16. The van der Waals surface area contributed by atoms with E-state index in [1.807, 2.05) is 18.2 Å². The van der Waals surface area contributed by atoms with Crippen LogP contribution in [-0.2, 0) is 23.0 Å². The molecule has 3 nitrogen and oxygen atoms in total. The number of benzene rings is 2. The molecular weight excluding hydrogens is 344 g/mol. The quantitative estimate of drug-likeness (QED) is 0.368. The molecule has 0 atom stereocenters. The van der Waals surface area contributed by atoms with E-state index < -0.39 is 10.1 Å². The molecule has 2 aromatic carbocycles. The first-order chi connectivity index (χ1) is 12.5. The van der Waals surface area contributed by atoms with Crippen LogP contribution in [0.4, 0.5) is 0 Å². The minimum absolute atomic E-state index is 0.0280. The highest BCUT2D eigenvalue weighted by atomic mass is 32.2. The maximum Gasteiger partial charge on any atom is 0.295 e. The summed E-state index contributed by atoms with van der Waals surface area (Å²) in [5, 5.41) is 1.70. The maximum absolute atomic E-state index is 11.8. The second kappa shape index (κ2) is 10.1. The van der Waals surface area contributed by atoms with E-state index >= 15 is 0 Å². The molecule has 0 bridgehead atoms. The average Bonchev–Trinajstić information content (AvgIpc) is 2.61. The third-order valence-electron chi connectivity index (χ3n) is 5.05. The fourth-order valence-electron chi connectivity index (χ4n) is 3.66. The monoisotopic (exact) mass is 376 g/mol. The number of hydrogen-bond donors (Lipinski definition) is 1. The number of hydrogen-bond acceptors (Lipinski definition) is 2. The van der Waals surface area contributed by atoms with Gasteiger partial charge >= 0.3 is 0 Å². The highest BCUT2D eigenvalue weighted by Gasteiger charge is 2.17. The van der Waals surface area contributed by atoms with Gasteiger partial charge in [-0.2, -0.15) is 8.42 Å². The summed E-state index contributed by atoms with van der Waals surface area (Å²) in [6, 6.07) is 9.30. The first-order valence-corrected chi connectivity index (χ1v) is 11.4. The third kappa shape index (κ3) is 5.55. The topological polar surface area (TPSA) is 54.4 Å². The largest absolute Gasteiger partial charge is 0.295 e. The van der Waals surface area contributed by atoms with Crippen LogP contribution in [0.2, 0.25) is 0 Å². The summed E-state index contributed by atoms with van der Waals surface area (Å²) >= 11 is 0.